The summed E-state index contributed by atoms with van der Waals surface area (Å²) >= 11 is 18.5. The molecule has 0 saturated carbocycles. The van der Waals surface area contributed by atoms with Crippen LogP contribution in [-0.2, 0) is 10.2 Å². The first kappa shape index (κ1) is 18.0. The molecular formula is C15H17Cl3N4O. The number of halogens is 3. The number of carbonyl (C=O) groups is 1. The highest BCUT2D eigenvalue weighted by Crippen LogP contribution is 2.35. The Morgan fingerprint density at radius 1 is 1.17 bits per heavy atom. The van der Waals surface area contributed by atoms with Crippen LogP contribution in [0.15, 0.2) is 12.1 Å². The lowest BCUT2D eigenvalue weighted by Crippen LogP contribution is -2.26. The van der Waals surface area contributed by atoms with Crippen LogP contribution in [0.2, 0.25) is 15.1 Å². The van der Waals surface area contributed by atoms with E-state index >= 15 is 0 Å². The van der Waals surface area contributed by atoms with E-state index in [9.17, 15) is 4.79 Å². The minimum atomic E-state index is -0.303. The molecule has 2 aromatic rings. The lowest BCUT2D eigenvalue weighted by molar-refractivity contribution is -0.116. The number of anilines is 1. The van der Waals surface area contributed by atoms with Gasteiger partial charge in [-0.1, -0.05) is 55.6 Å². The van der Waals surface area contributed by atoms with Crippen molar-refractivity contribution in [2.24, 2.45) is 0 Å². The van der Waals surface area contributed by atoms with Gasteiger partial charge in [0.2, 0.25) is 11.9 Å². The van der Waals surface area contributed by atoms with Gasteiger partial charge in [0, 0.05) is 24.4 Å². The Kier molecular flexibility index (Phi) is 4.95. The molecule has 0 N–H and O–H groups in total. The molecule has 5 nitrogen and oxygen atoms in total. The molecule has 1 amide bonds. The van der Waals surface area contributed by atoms with Gasteiger partial charge < -0.3 is 0 Å². The third-order valence-corrected chi connectivity index (χ3v) is 4.02. The summed E-state index contributed by atoms with van der Waals surface area (Å²) in [5, 5.41) is 5.57. The molecule has 0 saturated heterocycles. The molecule has 8 heteroatoms. The minimum absolute atomic E-state index is 0.180. The molecule has 0 fully saturated rings. The van der Waals surface area contributed by atoms with Gasteiger partial charge in [-0.15, -0.1) is 5.10 Å². The molecule has 0 unspecified atom stereocenters. The van der Waals surface area contributed by atoms with Gasteiger partial charge in [-0.05, 0) is 12.1 Å². The smallest absolute Gasteiger partial charge is 0.235 e. The van der Waals surface area contributed by atoms with Crippen molar-refractivity contribution in [3.8, 4) is 5.69 Å². The van der Waals surface area contributed by atoms with E-state index in [4.69, 9.17) is 34.8 Å². The van der Waals surface area contributed by atoms with Crippen LogP contribution in [0.3, 0.4) is 0 Å². The summed E-state index contributed by atoms with van der Waals surface area (Å²) in [6.07, 6.45) is 0. The predicted octanol–water partition coefficient (Wildman–Crippen LogP) is 4.51. The van der Waals surface area contributed by atoms with Gasteiger partial charge in [0.05, 0.1) is 10.0 Å². The second kappa shape index (κ2) is 6.30. The van der Waals surface area contributed by atoms with Crippen LogP contribution >= 0.6 is 34.8 Å². The Balaban J connectivity index is 2.75. The summed E-state index contributed by atoms with van der Waals surface area (Å²) in [5.41, 5.74) is 0.132. The first-order chi connectivity index (χ1) is 10.5. The Morgan fingerprint density at radius 3 is 2.13 bits per heavy atom. The predicted molar refractivity (Wildman–Crippen MR) is 94.2 cm³/mol. The zero-order valence-corrected chi connectivity index (χ0v) is 15.8. The summed E-state index contributed by atoms with van der Waals surface area (Å²) in [6.45, 7) is 7.39. The number of nitrogens with zero attached hydrogens (tertiary/aromatic N) is 4. The van der Waals surface area contributed by atoms with Gasteiger partial charge in [-0.3, -0.25) is 9.69 Å². The van der Waals surface area contributed by atoms with Crippen molar-refractivity contribution in [2.75, 3.05) is 11.9 Å². The normalized spacial score (nSPS) is 11.7. The number of rotatable bonds is 2. The summed E-state index contributed by atoms with van der Waals surface area (Å²) < 4.78 is 1.48. The van der Waals surface area contributed by atoms with Crippen LogP contribution in [0, 0.1) is 0 Å². The number of aromatic nitrogens is 3. The van der Waals surface area contributed by atoms with Gasteiger partial charge in [0.15, 0.2) is 5.82 Å². The van der Waals surface area contributed by atoms with E-state index in [-0.39, 0.29) is 11.3 Å². The van der Waals surface area contributed by atoms with E-state index in [0.717, 1.165) is 0 Å². The monoisotopic (exact) mass is 374 g/mol. The molecule has 1 aromatic heterocycles. The van der Waals surface area contributed by atoms with Gasteiger partial charge in [0.1, 0.15) is 5.69 Å². The van der Waals surface area contributed by atoms with Crippen LogP contribution in [0.4, 0.5) is 5.95 Å². The van der Waals surface area contributed by atoms with Crippen molar-refractivity contribution in [1.82, 2.24) is 14.8 Å². The minimum Gasteiger partial charge on any atom is -0.284 e. The summed E-state index contributed by atoms with van der Waals surface area (Å²) in [7, 11) is 1.62. The number of hydrogen-bond donors (Lipinski definition) is 0. The maximum absolute atomic E-state index is 11.8. The number of amides is 1. The topological polar surface area (TPSA) is 51.0 Å². The van der Waals surface area contributed by atoms with Crippen LogP contribution < -0.4 is 4.90 Å². The number of benzene rings is 1. The molecule has 0 bridgehead atoms. The molecule has 0 aliphatic carbocycles. The van der Waals surface area contributed by atoms with Crippen LogP contribution in [0.1, 0.15) is 33.5 Å². The Hall–Kier alpha value is -1.30. The molecule has 124 valence electrons. The average molecular weight is 376 g/mol. The first-order valence-corrected chi connectivity index (χ1v) is 8.02. The van der Waals surface area contributed by atoms with E-state index in [1.54, 1.807) is 19.2 Å². The highest BCUT2D eigenvalue weighted by atomic mass is 35.5. The summed E-state index contributed by atoms with van der Waals surface area (Å²) in [5.74, 6) is 0.733. The van der Waals surface area contributed by atoms with Gasteiger partial charge in [-0.2, -0.15) is 9.67 Å². The van der Waals surface area contributed by atoms with Gasteiger partial charge in [0.25, 0.3) is 0 Å². The summed E-state index contributed by atoms with van der Waals surface area (Å²) in [6, 6.07) is 3.14. The van der Waals surface area contributed by atoms with Crippen molar-refractivity contribution in [2.45, 2.75) is 33.1 Å². The maximum atomic E-state index is 11.8. The largest absolute Gasteiger partial charge is 0.284 e. The lowest BCUT2D eigenvalue weighted by Gasteiger charge is -2.16. The van der Waals surface area contributed by atoms with Crippen molar-refractivity contribution in [1.29, 1.82) is 0 Å². The van der Waals surface area contributed by atoms with Gasteiger partial charge >= 0.3 is 0 Å². The maximum Gasteiger partial charge on any atom is 0.235 e. The molecular weight excluding hydrogens is 359 g/mol. The Labute approximate surface area is 150 Å². The number of hydrogen-bond acceptors (Lipinski definition) is 3. The van der Waals surface area contributed by atoms with Crippen molar-refractivity contribution >= 4 is 46.7 Å². The zero-order valence-electron chi connectivity index (χ0n) is 13.5. The van der Waals surface area contributed by atoms with E-state index in [1.165, 1.54) is 16.5 Å². The Bertz CT molecular complexity index is 742. The van der Waals surface area contributed by atoms with E-state index in [0.29, 0.717) is 32.5 Å². The lowest BCUT2D eigenvalue weighted by atomic mass is 9.96. The Morgan fingerprint density at radius 2 is 1.70 bits per heavy atom. The molecule has 2 rings (SSSR count). The molecule has 0 radical (unpaired) electrons. The van der Waals surface area contributed by atoms with Crippen LogP contribution in [0.25, 0.3) is 5.69 Å². The summed E-state index contributed by atoms with van der Waals surface area (Å²) in [4.78, 5) is 17.7. The highest BCUT2D eigenvalue weighted by molar-refractivity contribution is 6.40. The zero-order chi connectivity index (χ0) is 17.5. The SMILES string of the molecule is CC(=O)N(C)c1nc(C(C)(C)C)nn1-c1c(Cl)cc(Cl)cc1Cl. The van der Waals surface area contributed by atoms with Crippen LogP contribution in [0.5, 0.6) is 0 Å². The van der Waals surface area contributed by atoms with E-state index < -0.39 is 0 Å². The van der Waals surface area contributed by atoms with E-state index in [1.807, 2.05) is 20.8 Å². The van der Waals surface area contributed by atoms with Crippen molar-refractivity contribution in [3.05, 3.63) is 33.0 Å². The second-order valence-electron chi connectivity index (χ2n) is 6.19. The first-order valence-electron chi connectivity index (χ1n) is 6.89. The molecule has 23 heavy (non-hydrogen) atoms. The standard InChI is InChI=1S/C15H17Cl3N4O/c1-8(23)21(5)14-19-13(15(2,3)4)20-22(14)12-10(17)6-9(16)7-11(12)18/h6-7H,1-5H3. The molecule has 1 heterocycles. The van der Waals surface area contributed by atoms with Crippen molar-refractivity contribution in [3.63, 3.8) is 0 Å². The number of carbonyl (C=O) groups excluding carboxylic acids is 1. The molecule has 0 spiro atoms. The van der Waals surface area contributed by atoms with Crippen LogP contribution in [-0.4, -0.2) is 27.7 Å². The fraction of sp³-hybridized carbons (Fsp3) is 0.400. The fourth-order valence-corrected chi connectivity index (χ4v) is 2.84. The molecule has 0 atom stereocenters. The average Bonchev–Trinajstić information content (AvgIpc) is 2.81. The molecule has 0 aliphatic heterocycles. The van der Waals surface area contributed by atoms with Gasteiger partial charge in [-0.25, -0.2) is 0 Å². The molecule has 1 aromatic carbocycles. The molecule has 0 aliphatic rings. The third-order valence-electron chi connectivity index (χ3n) is 3.23. The highest BCUT2D eigenvalue weighted by Gasteiger charge is 2.27. The van der Waals surface area contributed by atoms with Crippen molar-refractivity contribution < 1.29 is 4.79 Å². The fourth-order valence-electron chi connectivity index (χ4n) is 1.87. The quantitative estimate of drug-likeness (QED) is 0.776. The van der Waals surface area contributed by atoms with E-state index in [2.05, 4.69) is 10.1 Å². The second-order valence-corrected chi connectivity index (χ2v) is 7.44. The third kappa shape index (κ3) is 3.62.